The van der Waals surface area contributed by atoms with Crippen molar-refractivity contribution in [1.82, 2.24) is 9.55 Å². The quantitative estimate of drug-likeness (QED) is 0.472. The van der Waals surface area contributed by atoms with Crippen LogP contribution in [0.25, 0.3) is 22.4 Å². The first-order valence-electron chi connectivity index (χ1n) is 9.94. The lowest BCUT2D eigenvalue weighted by Gasteiger charge is -2.40. The zero-order valence-corrected chi connectivity index (χ0v) is 16.8. The number of alkyl halides is 3. The van der Waals surface area contributed by atoms with Crippen molar-refractivity contribution in [3.63, 3.8) is 0 Å². The van der Waals surface area contributed by atoms with Gasteiger partial charge in [0, 0.05) is 11.6 Å². The normalized spacial score (nSPS) is 22.0. The summed E-state index contributed by atoms with van der Waals surface area (Å²) < 4.78 is 43.7. The van der Waals surface area contributed by atoms with Crippen molar-refractivity contribution in [2.75, 3.05) is 0 Å². The average molecular weight is 402 g/mol. The maximum atomic E-state index is 12.5. The Bertz CT molecular complexity index is 1010. The summed E-state index contributed by atoms with van der Waals surface area (Å²) in [7, 11) is 0. The lowest BCUT2D eigenvalue weighted by molar-refractivity contribution is -0.274. The zero-order valence-electron chi connectivity index (χ0n) is 16.8. The first-order chi connectivity index (χ1) is 13.6. The van der Waals surface area contributed by atoms with E-state index in [0.29, 0.717) is 12.0 Å². The Morgan fingerprint density at radius 3 is 2.38 bits per heavy atom. The molecule has 1 aliphatic rings. The highest BCUT2D eigenvalue weighted by atomic mass is 19.4. The summed E-state index contributed by atoms with van der Waals surface area (Å²) in [6.07, 6.45) is -1.40. The minimum absolute atomic E-state index is 0.226. The maximum absolute atomic E-state index is 12.5. The van der Waals surface area contributed by atoms with Gasteiger partial charge < -0.3 is 9.30 Å². The van der Waals surface area contributed by atoms with Gasteiger partial charge in [-0.25, -0.2) is 4.98 Å². The van der Waals surface area contributed by atoms with E-state index in [4.69, 9.17) is 4.98 Å². The number of benzene rings is 2. The van der Waals surface area contributed by atoms with Gasteiger partial charge in [0.05, 0.1) is 11.0 Å². The van der Waals surface area contributed by atoms with E-state index in [-0.39, 0.29) is 11.2 Å². The Balaban J connectivity index is 1.78. The van der Waals surface area contributed by atoms with Gasteiger partial charge in [-0.2, -0.15) is 0 Å². The SMILES string of the molecule is CC1CC(n2c(-c3ccc(OC(F)(F)F)cc3)nc3ccccc32)CC(C)(C)C1. The molecule has 1 saturated carbocycles. The summed E-state index contributed by atoms with van der Waals surface area (Å²) in [6, 6.07) is 14.3. The zero-order chi connectivity index (χ0) is 20.8. The molecule has 0 radical (unpaired) electrons. The second-order valence-corrected chi connectivity index (χ2v) is 8.93. The number of aromatic nitrogens is 2. The van der Waals surface area contributed by atoms with E-state index in [2.05, 4.69) is 36.1 Å². The number of ether oxygens (including phenoxy) is 1. The molecule has 2 unspecified atom stereocenters. The summed E-state index contributed by atoms with van der Waals surface area (Å²) in [5.41, 5.74) is 2.98. The molecule has 4 rings (SSSR count). The third kappa shape index (κ3) is 4.26. The topological polar surface area (TPSA) is 27.1 Å². The summed E-state index contributed by atoms with van der Waals surface area (Å²) >= 11 is 0. The Morgan fingerprint density at radius 2 is 1.72 bits per heavy atom. The fourth-order valence-corrected chi connectivity index (χ4v) is 4.92. The lowest BCUT2D eigenvalue weighted by Crippen LogP contribution is -2.29. The van der Waals surface area contributed by atoms with Gasteiger partial charge in [-0.05, 0) is 67.0 Å². The van der Waals surface area contributed by atoms with Crippen LogP contribution < -0.4 is 4.74 Å². The molecule has 0 bridgehead atoms. The number of para-hydroxylation sites is 2. The molecule has 2 atom stereocenters. The molecule has 0 N–H and O–H groups in total. The number of halogens is 3. The largest absolute Gasteiger partial charge is 0.573 e. The van der Waals surface area contributed by atoms with Crippen LogP contribution >= 0.6 is 0 Å². The Morgan fingerprint density at radius 1 is 1.03 bits per heavy atom. The molecule has 1 aliphatic carbocycles. The first kappa shape index (κ1) is 19.8. The van der Waals surface area contributed by atoms with E-state index in [0.717, 1.165) is 35.3 Å². The van der Waals surface area contributed by atoms with Crippen LogP contribution in [-0.2, 0) is 0 Å². The van der Waals surface area contributed by atoms with E-state index in [9.17, 15) is 13.2 Å². The molecule has 1 heterocycles. The molecule has 0 spiro atoms. The van der Waals surface area contributed by atoms with Gasteiger partial charge in [-0.3, -0.25) is 0 Å². The van der Waals surface area contributed by atoms with Crippen molar-refractivity contribution in [2.45, 2.75) is 52.4 Å². The number of imidazole rings is 1. The maximum Gasteiger partial charge on any atom is 0.573 e. The van der Waals surface area contributed by atoms with Gasteiger partial charge in [0.1, 0.15) is 11.6 Å². The minimum Gasteiger partial charge on any atom is -0.406 e. The molecule has 3 aromatic rings. The summed E-state index contributed by atoms with van der Waals surface area (Å²) in [5.74, 6) is 1.16. The predicted octanol–water partition coefficient (Wildman–Crippen LogP) is 6.99. The smallest absolute Gasteiger partial charge is 0.406 e. The number of nitrogens with zero attached hydrogens (tertiary/aromatic N) is 2. The minimum atomic E-state index is -4.70. The van der Waals surface area contributed by atoms with Crippen LogP contribution in [0, 0.1) is 11.3 Å². The molecule has 6 heteroatoms. The fourth-order valence-electron chi connectivity index (χ4n) is 4.92. The van der Waals surface area contributed by atoms with Crippen molar-refractivity contribution in [1.29, 1.82) is 0 Å². The number of hydrogen-bond donors (Lipinski definition) is 0. The third-order valence-corrected chi connectivity index (χ3v) is 5.67. The predicted molar refractivity (Wildman–Crippen MR) is 108 cm³/mol. The molecule has 0 saturated heterocycles. The number of rotatable bonds is 3. The van der Waals surface area contributed by atoms with Crippen LogP contribution in [0.1, 0.15) is 46.1 Å². The van der Waals surface area contributed by atoms with Gasteiger partial charge in [0.2, 0.25) is 0 Å². The number of hydrogen-bond acceptors (Lipinski definition) is 2. The molecule has 2 aromatic carbocycles. The molecule has 0 amide bonds. The summed E-state index contributed by atoms with van der Waals surface area (Å²) in [5, 5.41) is 0. The van der Waals surface area contributed by atoms with Crippen LogP contribution in [0.3, 0.4) is 0 Å². The summed E-state index contributed by atoms with van der Waals surface area (Å²) in [6.45, 7) is 6.89. The van der Waals surface area contributed by atoms with Crippen LogP contribution in [0.15, 0.2) is 48.5 Å². The van der Waals surface area contributed by atoms with Crippen LogP contribution in [0.5, 0.6) is 5.75 Å². The third-order valence-electron chi connectivity index (χ3n) is 5.67. The second-order valence-electron chi connectivity index (χ2n) is 8.93. The molecule has 3 nitrogen and oxygen atoms in total. The highest BCUT2D eigenvalue weighted by molar-refractivity contribution is 5.81. The molecule has 154 valence electrons. The first-order valence-corrected chi connectivity index (χ1v) is 9.94. The molecule has 29 heavy (non-hydrogen) atoms. The second kappa shape index (κ2) is 7.08. The van der Waals surface area contributed by atoms with E-state index >= 15 is 0 Å². The van der Waals surface area contributed by atoms with Crippen molar-refractivity contribution < 1.29 is 17.9 Å². The van der Waals surface area contributed by atoms with Gasteiger partial charge in [-0.1, -0.05) is 32.9 Å². The molecule has 0 aliphatic heterocycles. The Labute approximate surface area is 168 Å². The van der Waals surface area contributed by atoms with Crippen LogP contribution in [0.4, 0.5) is 13.2 Å². The lowest BCUT2D eigenvalue weighted by atomic mass is 9.70. The van der Waals surface area contributed by atoms with Gasteiger partial charge in [0.25, 0.3) is 0 Å². The van der Waals surface area contributed by atoms with E-state index in [1.165, 1.54) is 18.6 Å². The fraction of sp³-hybridized carbons (Fsp3) is 0.435. The number of fused-ring (bicyclic) bond motifs is 1. The van der Waals surface area contributed by atoms with Crippen LogP contribution in [-0.4, -0.2) is 15.9 Å². The highest BCUT2D eigenvalue weighted by Gasteiger charge is 2.35. The summed E-state index contributed by atoms with van der Waals surface area (Å²) in [4.78, 5) is 4.84. The average Bonchev–Trinajstić information content (AvgIpc) is 2.98. The van der Waals surface area contributed by atoms with Gasteiger partial charge in [0.15, 0.2) is 0 Å². The van der Waals surface area contributed by atoms with Gasteiger partial charge >= 0.3 is 6.36 Å². The Hall–Kier alpha value is -2.50. The van der Waals surface area contributed by atoms with Crippen molar-refractivity contribution >= 4 is 11.0 Å². The van der Waals surface area contributed by atoms with Crippen molar-refractivity contribution in [3.8, 4) is 17.1 Å². The van der Waals surface area contributed by atoms with E-state index < -0.39 is 6.36 Å². The molecular weight excluding hydrogens is 377 g/mol. The monoisotopic (exact) mass is 402 g/mol. The van der Waals surface area contributed by atoms with Crippen LogP contribution in [0.2, 0.25) is 0 Å². The molecular formula is C23H25F3N2O. The van der Waals surface area contributed by atoms with E-state index in [1.807, 2.05) is 18.2 Å². The van der Waals surface area contributed by atoms with Gasteiger partial charge in [-0.15, -0.1) is 13.2 Å². The van der Waals surface area contributed by atoms with Crippen molar-refractivity contribution in [2.24, 2.45) is 11.3 Å². The molecule has 1 aromatic heterocycles. The van der Waals surface area contributed by atoms with E-state index in [1.54, 1.807) is 12.1 Å². The Kier molecular flexibility index (Phi) is 4.83. The standard InChI is InChI=1S/C23H25F3N2O/c1-15-12-17(14-22(2,3)13-15)28-20-7-5-4-6-19(20)27-21(28)16-8-10-18(11-9-16)29-23(24,25)26/h4-11,15,17H,12-14H2,1-3H3. The highest BCUT2D eigenvalue weighted by Crippen LogP contribution is 2.46. The molecule has 1 fully saturated rings. The van der Waals surface area contributed by atoms with Crippen molar-refractivity contribution in [3.05, 3.63) is 48.5 Å².